The molecule has 0 radical (unpaired) electrons. The largest absolute Gasteiger partial charge is 0.361 e. The van der Waals surface area contributed by atoms with Crippen LogP contribution in [0.5, 0.6) is 0 Å². The average molecular weight is 193 g/mol. The van der Waals surface area contributed by atoms with Crippen LogP contribution in [0.1, 0.15) is 0 Å². The van der Waals surface area contributed by atoms with Crippen LogP contribution >= 0.6 is 0 Å². The Balaban J connectivity index is 2.20. The summed E-state index contributed by atoms with van der Waals surface area (Å²) >= 11 is 0. The van der Waals surface area contributed by atoms with Gasteiger partial charge in [0.1, 0.15) is 0 Å². The maximum atomic E-state index is 3.22. The van der Waals surface area contributed by atoms with Gasteiger partial charge < -0.3 is 4.98 Å². The van der Waals surface area contributed by atoms with Gasteiger partial charge >= 0.3 is 0 Å². The van der Waals surface area contributed by atoms with Gasteiger partial charge in [-0.15, -0.1) is 0 Å². The molecule has 0 spiro atoms. The quantitative estimate of drug-likeness (QED) is 0.605. The maximum Gasteiger partial charge on any atom is 0.0454 e. The summed E-state index contributed by atoms with van der Waals surface area (Å²) in [5.74, 6) is 0. The Morgan fingerprint density at radius 1 is 0.667 bits per heavy atom. The van der Waals surface area contributed by atoms with Gasteiger partial charge in [-0.05, 0) is 41.0 Å². The van der Waals surface area contributed by atoms with E-state index in [2.05, 4.69) is 47.4 Å². The molecule has 1 aromatic rings. The van der Waals surface area contributed by atoms with Crippen molar-refractivity contribution in [2.24, 2.45) is 0 Å². The molecule has 2 aliphatic rings. The third kappa shape index (κ3) is 1.42. The number of nitrogens with one attached hydrogen (secondary N) is 1. The van der Waals surface area contributed by atoms with Gasteiger partial charge in [0.2, 0.25) is 0 Å². The fourth-order valence-corrected chi connectivity index (χ4v) is 1.88. The molecule has 1 nitrogen and oxygen atoms in total. The molecular formula is C14H11N. The first-order valence-electron chi connectivity index (χ1n) is 5.06. The molecule has 72 valence electrons. The van der Waals surface area contributed by atoms with Crippen molar-refractivity contribution in [1.29, 1.82) is 0 Å². The van der Waals surface area contributed by atoms with Crippen molar-refractivity contribution in [3.05, 3.63) is 60.8 Å². The zero-order valence-electron chi connectivity index (χ0n) is 8.27. The highest BCUT2D eigenvalue weighted by Gasteiger charge is 2.06. The second-order valence-electron chi connectivity index (χ2n) is 3.65. The van der Waals surface area contributed by atoms with Crippen molar-refractivity contribution in [1.82, 2.24) is 4.98 Å². The minimum atomic E-state index is 1.17. The lowest BCUT2D eigenvalue weighted by Gasteiger charge is -1.88. The number of hydrogen-bond acceptors (Lipinski definition) is 0. The van der Waals surface area contributed by atoms with Crippen molar-refractivity contribution in [3.8, 4) is 22.4 Å². The van der Waals surface area contributed by atoms with Crippen molar-refractivity contribution < 1.29 is 0 Å². The highest BCUT2D eigenvalue weighted by molar-refractivity contribution is 5.78. The molecule has 0 saturated carbocycles. The number of aromatic nitrogens is 1. The van der Waals surface area contributed by atoms with E-state index in [4.69, 9.17) is 0 Å². The predicted molar refractivity (Wildman–Crippen MR) is 62.9 cm³/mol. The molecule has 0 aromatic carbocycles. The van der Waals surface area contributed by atoms with E-state index in [1.165, 1.54) is 22.4 Å². The molecule has 1 aromatic heterocycles. The van der Waals surface area contributed by atoms with E-state index in [0.29, 0.717) is 0 Å². The Hall–Kier alpha value is -2.02. The highest BCUT2D eigenvalue weighted by Crippen LogP contribution is 2.30. The average Bonchev–Trinajstić information content (AvgIpc) is 2.84. The van der Waals surface area contributed by atoms with Gasteiger partial charge in [-0.2, -0.15) is 0 Å². The zero-order valence-corrected chi connectivity index (χ0v) is 8.27. The molecule has 1 heteroatoms. The molecule has 0 saturated heterocycles. The normalized spacial score (nSPS) is 10.7. The molecule has 0 amide bonds. The lowest BCUT2D eigenvalue weighted by Crippen LogP contribution is -1.68. The number of fused-ring (bicyclic) bond motifs is 1. The first kappa shape index (κ1) is 8.30. The number of hydrogen-bond donors (Lipinski definition) is 1. The summed E-state index contributed by atoms with van der Waals surface area (Å²) in [4.78, 5) is 3.22. The van der Waals surface area contributed by atoms with E-state index in [1.807, 2.05) is 18.3 Å². The summed E-state index contributed by atoms with van der Waals surface area (Å²) in [5.41, 5.74) is 4.99. The van der Waals surface area contributed by atoms with Crippen LogP contribution in [0.3, 0.4) is 0 Å². The third-order valence-electron chi connectivity index (χ3n) is 2.64. The van der Waals surface area contributed by atoms with Crippen LogP contribution in [-0.4, -0.2) is 4.98 Å². The second kappa shape index (κ2) is 3.28. The van der Waals surface area contributed by atoms with E-state index < -0.39 is 0 Å². The van der Waals surface area contributed by atoms with Crippen LogP contribution < -0.4 is 0 Å². The molecule has 1 N–H and O–H groups in total. The maximum absolute atomic E-state index is 3.22. The molecule has 15 heavy (non-hydrogen) atoms. The SMILES string of the molecule is c1ccc2cc(-c3ccc[nH]3)cc-2cc1. The summed E-state index contributed by atoms with van der Waals surface area (Å²) in [5, 5.41) is 0. The molecule has 2 aliphatic carbocycles. The molecule has 0 fully saturated rings. The standard InChI is InChI=1S/C14H11N/c1-2-5-11-9-13(10-12(11)6-3-1)14-7-4-8-15-14/h1-10,15H. The van der Waals surface area contributed by atoms with Gasteiger partial charge in [0.25, 0.3) is 0 Å². The first-order chi connectivity index (χ1) is 7.43. The third-order valence-corrected chi connectivity index (χ3v) is 2.64. The molecule has 0 bridgehead atoms. The number of aromatic amines is 1. The van der Waals surface area contributed by atoms with Crippen LogP contribution in [0.25, 0.3) is 22.4 Å². The summed E-state index contributed by atoms with van der Waals surface area (Å²) in [7, 11) is 0. The topological polar surface area (TPSA) is 15.8 Å². The van der Waals surface area contributed by atoms with E-state index in [1.54, 1.807) is 0 Å². The number of rotatable bonds is 1. The van der Waals surface area contributed by atoms with Gasteiger partial charge in [-0.25, -0.2) is 0 Å². The summed E-state index contributed by atoms with van der Waals surface area (Å²) in [6.07, 6.45) is 1.95. The summed E-state index contributed by atoms with van der Waals surface area (Å²) < 4.78 is 0. The fourth-order valence-electron chi connectivity index (χ4n) is 1.88. The Morgan fingerprint density at radius 2 is 1.40 bits per heavy atom. The van der Waals surface area contributed by atoms with Crippen molar-refractivity contribution in [2.75, 3.05) is 0 Å². The second-order valence-corrected chi connectivity index (χ2v) is 3.65. The van der Waals surface area contributed by atoms with Crippen molar-refractivity contribution in [3.63, 3.8) is 0 Å². The van der Waals surface area contributed by atoms with Crippen LogP contribution in [0, 0.1) is 0 Å². The molecule has 0 atom stereocenters. The Morgan fingerprint density at radius 3 is 2.00 bits per heavy atom. The van der Waals surface area contributed by atoms with Gasteiger partial charge in [-0.1, -0.05) is 30.3 Å². The van der Waals surface area contributed by atoms with Gasteiger partial charge in [-0.3, -0.25) is 0 Å². The van der Waals surface area contributed by atoms with E-state index >= 15 is 0 Å². The van der Waals surface area contributed by atoms with Crippen LogP contribution in [0.2, 0.25) is 0 Å². The van der Waals surface area contributed by atoms with Crippen LogP contribution in [0.15, 0.2) is 60.8 Å². The van der Waals surface area contributed by atoms with Gasteiger partial charge in [0.05, 0.1) is 0 Å². The summed E-state index contributed by atoms with van der Waals surface area (Å²) in [6.45, 7) is 0. The lowest BCUT2D eigenvalue weighted by atomic mass is 10.2. The minimum absolute atomic E-state index is 1.17. The molecule has 3 rings (SSSR count). The Bertz CT molecular complexity index is 506. The number of H-pyrrole nitrogens is 1. The van der Waals surface area contributed by atoms with E-state index in [0.717, 1.165) is 0 Å². The van der Waals surface area contributed by atoms with Crippen molar-refractivity contribution in [2.45, 2.75) is 0 Å². The summed E-state index contributed by atoms with van der Waals surface area (Å²) in [6, 6.07) is 19.0. The monoisotopic (exact) mass is 193 g/mol. The molecular weight excluding hydrogens is 182 g/mol. The van der Waals surface area contributed by atoms with E-state index in [-0.39, 0.29) is 0 Å². The van der Waals surface area contributed by atoms with Crippen LogP contribution in [-0.2, 0) is 0 Å². The molecule has 1 heterocycles. The molecule has 0 unspecified atom stereocenters. The fraction of sp³-hybridized carbons (Fsp3) is 0. The Labute approximate surface area is 88.7 Å². The molecule has 0 aliphatic heterocycles. The van der Waals surface area contributed by atoms with Crippen molar-refractivity contribution >= 4 is 0 Å². The predicted octanol–water partition coefficient (Wildman–Crippen LogP) is 3.79. The zero-order chi connectivity index (χ0) is 10.1. The van der Waals surface area contributed by atoms with Gasteiger partial charge in [0.15, 0.2) is 0 Å². The first-order valence-corrected chi connectivity index (χ1v) is 5.06. The Kier molecular flexibility index (Phi) is 1.82. The van der Waals surface area contributed by atoms with E-state index in [9.17, 15) is 0 Å². The van der Waals surface area contributed by atoms with Gasteiger partial charge in [0, 0.05) is 11.9 Å². The smallest absolute Gasteiger partial charge is 0.0454 e. The highest BCUT2D eigenvalue weighted by atomic mass is 14.7. The van der Waals surface area contributed by atoms with Crippen LogP contribution in [0.4, 0.5) is 0 Å². The minimum Gasteiger partial charge on any atom is -0.361 e. The lowest BCUT2D eigenvalue weighted by molar-refractivity contribution is 1.41.